The second kappa shape index (κ2) is 6.76. The third-order valence-corrected chi connectivity index (χ3v) is 4.70. The number of pyridine rings is 1. The van der Waals surface area contributed by atoms with E-state index in [1.165, 1.54) is 0 Å². The van der Waals surface area contributed by atoms with Crippen LogP contribution in [0.25, 0.3) is 27.9 Å². The molecule has 0 aliphatic rings. The topological polar surface area (TPSA) is 76.6 Å². The number of rotatable bonds is 3. The summed E-state index contributed by atoms with van der Waals surface area (Å²) in [7, 11) is 0. The lowest BCUT2D eigenvalue weighted by atomic mass is 10.1. The number of para-hydroxylation sites is 2. The van der Waals surface area contributed by atoms with E-state index in [9.17, 15) is 9.59 Å². The van der Waals surface area contributed by atoms with Crippen molar-refractivity contribution in [2.45, 2.75) is 0 Å². The summed E-state index contributed by atoms with van der Waals surface area (Å²) in [6, 6.07) is 21.7. The maximum Gasteiger partial charge on any atom is 0.349 e. The molecule has 140 valence electrons. The van der Waals surface area contributed by atoms with E-state index in [0.717, 1.165) is 16.9 Å². The number of hydrogen-bond acceptors (Lipinski definition) is 4. The number of imidazole rings is 1. The van der Waals surface area contributed by atoms with E-state index in [-0.39, 0.29) is 5.56 Å². The quantitative estimate of drug-likeness (QED) is 0.471. The summed E-state index contributed by atoms with van der Waals surface area (Å²) in [6.07, 6.45) is 3.80. The minimum atomic E-state index is -0.675. The Bertz CT molecular complexity index is 1400. The minimum absolute atomic E-state index is 0.0477. The zero-order chi connectivity index (χ0) is 19.8. The van der Waals surface area contributed by atoms with Crippen LogP contribution in [0.1, 0.15) is 10.4 Å². The SMILES string of the molecule is O=C(Nc1ccccc1-c1cn2ccccc2n1)c1cc2ccccc2oc1=O. The zero-order valence-electron chi connectivity index (χ0n) is 15.2. The van der Waals surface area contributed by atoms with Gasteiger partial charge >= 0.3 is 5.63 Å². The first kappa shape index (κ1) is 16.9. The Kier molecular flexibility index (Phi) is 3.95. The molecule has 29 heavy (non-hydrogen) atoms. The van der Waals surface area contributed by atoms with Gasteiger partial charge in [0.05, 0.1) is 11.4 Å². The molecule has 0 bridgehead atoms. The Morgan fingerprint density at radius 2 is 1.76 bits per heavy atom. The standard InChI is InChI=1S/C23H15N3O3/c27-22(17-13-15-7-1-4-10-20(15)29-23(17)28)25-18-9-3-2-8-16(18)19-14-26-12-6-5-11-21(26)24-19/h1-14H,(H,25,27). The molecule has 2 aromatic carbocycles. The highest BCUT2D eigenvalue weighted by Gasteiger charge is 2.16. The number of carbonyl (C=O) groups excluding carboxylic acids is 1. The van der Waals surface area contributed by atoms with Crippen LogP contribution in [0.4, 0.5) is 5.69 Å². The Morgan fingerprint density at radius 3 is 2.66 bits per heavy atom. The molecule has 0 radical (unpaired) electrons. The van der Waals surface area contributed by atoms with Crippen LogP contribution in [-0.4, -0.2) is 15.3 Å². The number of nitrogens with one attached hydrogen (secondary N) is 1. The van der Waals surface area contributed by atoms with E-state index in [0.29, 0.717) is 16.7 Å². The Balaban J connectivity index is 1.54. The lowest BCUT2D eigenvalue weighted by Crippen LogP contribution is -2.21. The minimum Gasteiger partial charge on any atom is -0.422 e. The van der Waals surface area contributed by atoms with E-state index in [2.05, 4.69) is 10.3 Å². The normalized spacial score (nSPS) is 11.0. The summed E-state index contributed by atoms with van der Waals surface area (Å²) in [4.78, 5) is 29.7. The first-order valence-electron chi connectivity index (χ1n) is 9.06. The molecule has 3 aromatic heterocycles. The second-order valence-corrected chi connectivity index (χ2v) is 6.58. The molecule has 6 heteroatoms. The molecule has 5 rings (SSSR count). The predicted octanol–water partition coefficient (Wildman–Crippen LogP) is 4.36. The highest BCUT2D eigenvalue weighted by Crippen LogP contribution is 2.28. The summed E-state index contributed by atoms with van der Waals surface area (Å²) in [5.74, 6) is -0.527. The molecule has 0 atom stereocenters. The molecule has 3 heterocycles. The molecule has 0 aliphatic carbocycles. The monoisotopic (exact) mass is 381 g/mol. The lowest BCUT2D eigenvalue weighted by molar-refractivity contribution is 0.102. The molecule has 1 N–H and O–H groups in total. The number of nitrogens with zero attached hydrogens (tertiary/aromatic N) is 2. The fraction of sp³-hybridized carbons (Fsp3) is 0. The smallest absolute Gasteiger partial charge is 0.349 e. The molecule has 0 saturated heterocycles. The van der Waals surface area contributed by atoms with E-state index >= 15 is 0 Å². The number of aromatic nitrogens is 2. The molecule has 0 spiro atoms. The van der Waals surface area contributed by atoms with Crippen molar-refractivity contribution < 1.29 is 9.21 Å². The van der Waals surface area contributed by atoms with Crippen LogP contribution < -0.4 is 10.9 Å². The van der Waals surface area contributed by atoms with Gasteiger partial charge in [0, 0.05) is 23.3 Å². The third-order valence-electron chi connectivity index (χ3n) is 4.70. The lowest BCUT2D eigenvalue weighted by Gasteiger charge is -2.09. The predicted molar refractivity (Wildman–Crippen MR) is 111 cm³/mol. The average Bonchev–Trinajstić information content (AvgIpc) is 3.17. The van der Waals surface area contributed by atoms with Crippen LogP contribution in [0.2, 0.25) is 0 Å². The van der Waals surface area contributed by atoms with Crippen LogP contribution in [0.3, 0.4) is 0 Å². The van der Waals surface area contributed by atoms with Crippen molar-refractivity contribution in [1.82, 2.24) is 9.38 Å². The van der Waals surface area contributed by atoms with Crippen LogP contribution >= 0.6 is 0 Å². The summed E-state index contributed by atoms with van der Waals surface area (Å²) >= 11 is 0. The van der Waals surface area contributed by atoms with Crippen molar-refractivity contribution in [3.63, 3.8) is 0 Å². The van der Waals surface area contributed by atoms with E-state index in [1.54, 1.807) is 30.3 Å². The number of benzene rings is 2. The fourth-order valence-corrected chi connectivity index (χ4v) is 3.29. The van der Waals surface area contributed by atoms with E-state index in [4.69, 9.17) is 4.42 Å². The fourth-order valence-electron chi connectivity index (χ4n) is 3.29. The summed E-state index contributed by atoms with van der Waals surface area (Å²) in [5, 5.41) is 3.51. The maximum atomic E-state index is 12.8. The van der Waals surface area contributed by atoms with Crippen LogP contribution in [0, 0.1) is 0 Å². The number of amides is 1. The molecular weight excluding hydrogens is 366 g/mol. The first-order chi connectivity index (χ1) is 14.2. The van der Waals surface area contributed by atoms with Gasteiger partial charge in [0.2, 0.25) is 0 Å². The van der Waals surface area contributed by atoms with Gasteiger partial charge in [-0.2, -0.15) is 0 Å². The summed E-state index contributed by atoms with van der Waals surface area (Å²) in [5.41, 5.74) is 2.57. The molecule has 0 fully saturated rings. The molecular formula is C23H15N3O3. The highest BCUT2D eigenvalue weighted by molar-refractivity contribution is 6.07. The molecule has 1 amide bonds. The van der Waals surface area contributed by atoms with Gasteiger partial charge in [-0.25, -0.2) is 9.78 Å². The first-order valence-corrected chi connectivity index (χ1v) is 9.06. The van der Waals surface area contributed by atoms with Gasteiger partial charge in [0.25, 0.3) is 5.91 Å². The third kappa shape index (κ3) is 3.06. The van der Waals surface area contributed by atoms with Crippen molar-refractivity contribution in [2.75, 3.05) is 5.32 Å². The Labute approximate surface area is 165 Å². The molecule has 0 unspecified atom stereocenters. The van der Waals surface area contributed by atoms with E-state index < -0.39 is 11.5 Å². The number of fused-ring (bicyclic) bond motifs is 2. The molecule has 0 saturated carbocycles. The van der Waals surface area contributed by atoms with Crippen molar-refractivity contribution in [3.05, 3.63) is 101 Å². The van der Waals surface area contributed by atoms with Gasteiger partial charge in [0.15, 0.2) is 0 Å². The Hall–Kier alpha value is -4.19. The highest BCUT2D eigenvalue weighted by atomic mass is 16.4. The van der Waals surface area contributed by atoms with Crippen LogP contribution in [-0.2, 0) is 0 Å². The van der Waals surface area contributed by atoms with Gasteiger partial charge in [-0.05, 0) is 30.3 Å². The maximum absolute atomic E-state index is 12.8. The zero-order valence-corrected chi connectivity index (χ0v) is 15.2. The molecule has 5 aromatic rings. The second-order valence-electron chi connectivity index (χ2n) is 6.58. The van der Waals surface area contributed by atoms with E-state index in [1.807, 2.05) is 59.3 Å². The average molecular weight is 381 g/mol. The summed E-state index contributed by atoms with van der Waals surface area (Å²) < 4.78 is 7.18. The summed E-state index contributed by atoms with van der Waals surface area (Å²) in [6.45, 7) is 0. The largest absolute Gasteiger partial charge is 0.422 e. The van der Waals surface area contributed by atoms with Gasteiger partial charge in [0.1, 0.15) is 16.8 Å². The number of hydrogen-bond donors (Lipinski definition) is 1. The Morgan fingerprint density at radius 1 is 0.966 bits per heavy atom. The van der Waals surface area contributed by atoms with Gasteiger partial charge < -0.3 is 14.1 Å². The van der Waals surface area contributed by atoms with Gasteiger partial charge in [-0.3, -0.25) is 4.79 Å². The number of anilines is 1. The molecule has 0 aliphatic heterocycles. The van der Waals surface area contributed by atoms with Crippen molar-refractivity contribution in [2.24, 2.45) is 0 Å². The van der Waals surface area contributed by atoms with Crippen LogP contribution in [0.5, 0.6) is 0 Å². The van der Waals surface area contributed by atoms with Crippen molar-refractivity contribution in [1.29, 1.82) is 0 Å². The van der Waals surface area contributed by atoms with Crippen molar-refractivity contribution in [3.8, 4) is 11.3 Å². The van der Waals surface area contributed by atoms with Crippen LogP contribution in [0.15, 0.2) is 94.4 Å². The van der Waals surface area contributed by atoms with Gasteiger partial charge in [-0.15, -0.1) is 0 Å². The molecule has 6 nitrogen and oxygen atoms in total. The van der Waals surface area contributed by atoms with Crippen molar-refractivity contribution >= 4 is 28.2 Å². The number of carbonyl (C=O) groups is 1. The van der Waals surface area contributed by atoms with Gasteiger partial charge in [-0.1, -0.05) is 42.5 Å².